The van der Waals surface area contributed by atoms with Gasteiger partial charge in [0.2, 0.25) is 0 Å². The first-order chi connectivity index (χ1) is 3.68. The summed E-state index contributed by atoms with van der Waals surface area (Å²) < 4.78 is 4.56. The zero-order chi connectivity index (χ0) is 6.57. The fourth-order valence-electron chi connectivity index (χ4n) is 0.254. The average Bonchev–Trinajstić information content (AvgIpc) is 1.67. The summed E-state index contributed by atoms with van der Waals surface area (Å²) in [5, 5.41) is 0. The van der Waals surface area contributed by atoms with Gasteiger partial charge in [0, 0.05) is 5.57 Å². The highest BCUT2D eigenvalue weighted by Crippen LogP contribution is 1.89. The molecule has 0 saturated heterocycles. The van der Waals surface area contributed by atoms with Crippen molar-refractivity contribution in [3.63, 3.8) is 0 Å². The van der Waals surface area contributed by atoms with E-state index in [9.17, 15) is 4.79 Å². The highest BCUT2D eigenvalue weighted by molar-refractivity contribution is 5.86. The van der Waals surface area contributed by atoms with Crippen molar-refractivity contribution in [2.24, 2.45) is 0 Å². The largest absolute Gasteiger partial charge is 0.463 e. The second kappa shape index (κ2) is 11.9. The Morgan fingerprint density at radius 1 is 1.36 bits per heavy atom. The molecule has 0 aliphatic rings. The number of carbonyl (C=O) groups is 1. The fraction of sp³-hybridized carbons (Fsp3) is 0.667. The molecule has 0 saturated carbocycles. The molecule has 0 aliphatic carbocycles. The number of carbonyl (C=O) groups excluding carboxylic acids is 1. The predicted octanol–water partition coefficient (Wildman–Crippen LogP) is 3.03. The van der Waals surface area contributed by atoms with Crippen molar-refractivity contribution in [1.29, 1.82) is 0 Å². The second-order valence-electron chi connectivity index (χ2n) is 1.50. The van der Waals surface area contributed by atoms with Crippen LogP contribution in [0, 0.1) is 0 Å². The Balaban J connectivity index is -0.0000000817. The van der Waals surface area contributed by atoms with Gasteiger partial charge in [0.05, 0.1) is 6.61 Å². The molecule has 0 heterocycles. The number of hydrogen-bond acceptors (Lipinski definition) is 2. The molecule has 0 aliphatic heterocycles. The molecule has 0 atom stereocenters. The standard InChI is InChI=1S/C6H10O2.3CH4/c1-4-8-6(7)5(2)3;;;/h2,4H2,1,3H3;3*1H4. The van der Waals surface area contributed by atoms with Gasteiger partial charge in [0.25, 0.3) is 0 Å². The number of rotatable bonds is 2. The monoisotopic (exact) mass is 162 g/mol. The maximum absolute atomic E-state index is 10.4. The van der Waals surface area contributed by atoms with Gasteiger partial charge in [-0.05, 0) is 13.8 Å². The van der Waals surface area contributed by atoms with Crippen molar-refractivity contribution in [1.82, 2.24) is 0 Å². The molecule has 0 radical (unpaired) electrons. The van der Waals surface area contributed by atoms with Gasteiger partial charge in [-0.3, -0.25) is 0 Å². The smallest absolute Gasteiger partial charge is 0.333 e. The summed E-state index contributed by atoms with van der Waals surface area (Å²) in [6.45, 7) is 7.21. The normalized spacial score (nSPS) is 6.00. The molecule has 0 bridgehead atoms. The fourth-order valence-corrected chi connectivity index (χ4v) is 0.254. The third kappa shape index (κ3) is 12.4. The minimum atomic E-state index is -0.312. The van der Waals surface area contributed by atoms with Crippen molar-refractivity contribution in [3.05, 3.63) is 12.2 Å². The summed E-state index contributed by atoms with van der Waals surface area (Å²) in [6, 6.07) is 0. The molecular weight excluding hydrogens is 140 g/mol. The third-order valence-corrected chi connectivity index (χ3v) is 0.624. The zero-order valence-corrected chi connectivity index (χ0v) is 5.23. The summed E-state index contributed by atoms with van der Waals surface area (Å²) in [5.74, 6) is -0.312. The van der Waals surface area contributed by atoms with Gasteiger partial charge in [0.15, 0.2) is 0 Å². The van der Waals surface area contributed by atoms with Gasteiger partial charge in [-0.1, -0.05) is 28.9 Å². The SMILES string of the molecule is C.C.C.C=C(C)C(=O)OCC. The van der Waals surface area contributed by atoms with E-state index in [1.54, 1.807) is 13.8 Å². The molecule has 0 aromatic heterocycles. The lowest BCUT2D eigenvalue weighted by atomic mass is 10.4. The Kier molecular flexibility index (Phi) is 24.4. The van der Waals surface area contributed by atoms with Crippen LogP contribution < -0.4 is 0 Å². The molecule has 0 aromatic rings. The van der Waals surface area contributed by atoms with Crippen LogP contribution in [0.5, 0.6) is 0 Å². The highest BCUT2D eigenvalue weighted by Gasteiger charge is 1.98. The Morgan fingerprint density at radius 2 is 1.73 bits per heavy atom. The molecule has 0 amide bonds. The average molecular weight is 162 g/mol. The van der Waals surface area contributed by atoms with Crippen molar-refractivity contribution in [2.75, 3.05) is 6.61 Å². The molecule has 11 heavy (non-hydrogen) atoms. The van der Waals surface area contributed by atoms with Crippen LogP contribution in [0.1, 0.15) is 36.1 Å². The van der Waals surface area contributed by atoms with Crippen LogP contribution in [0.4, 0.5) is 0 Å². The summed E-state index contributed by atoms with van der Waals surface area (Å²) in [6.07, 6.45) is 0. The van der Waals surface area contributed by atoms with E-state index in [0.29, 0.717) is 12.2 Å². The van der Waals surface area contributed by atoms with E-state index < -0.39 is 0 Å². The van der Waals surface area contributed by atoms with Crippen LogP contribution in [0.3, 0.4) is 0 Å². The molecule has 0 N–H and O–H groups in total. The van der Waals surface area contributed by atoms with E-state index in [1.165, 1.54) is 0 Å². The van der Waals surface area contributed by atoms with Crippen molar-refractivity contribution in [3.8, 4) is 0 Å². The molecule has 0 aromatic carbocycles. The Labute approximate surface area is 71.3 Å². The lowest BCUT2D eigenvalue weighted by Gasteiger charge is -1.96. The molecule has 70 valence electrons. The van der Waals surface area contributed by atoms with E-state index in [4.69, 9.17) is 0 Å². The first kappa shape index (κ1) is 22.5. The molecule has 2 heteroatoms. The van der Waals surface area contributed by atoms with Crippen molar-refractivity contribution < 1.29 is 9.53 Å². The van der Waals surface area contributed by atoms with Crippen LogP contribution >= 0.6 is 0 Å². The predicted molar refractivity (Wildman–Crippen MR) is 51.6 cm³/mol. The van der Waals surface area contributed by atoms with E-state index in [1.807, 2.05) is 0 Å². The first-order valence-corrected chi connectivity index (χ1v) is 2.51. The van der Waals surface area contributed by atoms with Crippen LogP contribution in [0.15, 0.2) is 12.2 Å². The number of esters is 1. The van der Waals surface area contributed by atoms with Crippen LogP contribution in [0.2, 0.25) is 0 Å². The zero-order valence-electron chi connectivity index (χ0n) is 5.23. The molecule has 0 fully saturated rings. The topological polar surface area (TPSA) is 26.3 Å². The molecule has 0 unspecified atom stereocenters. The highest BCUT2D eigenvalue weighted by atomic mass is 16.5. The van der Waals surface area contributed by atoms with Gasteiger partial charge in [-0.2, -0.15) is 0 Å². The Hall–Kier alpha value is -0.790. The van der Waals surface area contributed by atoms with Crippen LogP contribution in [-0.2, 0) is 9.53 Å². The Morgan fingerprint density at radius 3 is 1.82 bits per heavy atom. The quantitative estimate of drug-likeness (QED) is 0.461. The lowest BCUT2D eigenvalue weighted by molar-refractivity contribution is -0.138. The molecular formula is C9H22O2. The minimum absolute atomic E-state index is 0. The van der Waals surface area contributed by atoms with E-state index >= 15 is 0 Å². The summed E-state index contributed by atoms with van der Waals surface area (Å²) >= 11 is 0. The van der Waals surface area contributed by atoms with Crippen LogP contribution in [-0.4, -0.2) is 12.6 Å². The van der Waals surface area contributed by atoms with Gasteiger partial charge in [-0.15, -0.1) is 0 Å². The number of hydrogen-bond donors (Lipinski definition) is 0. The van der Waals surface area contributed by atoms with E-state index in [-0.39, 0.29) is 28.2 Å². The van der Waals surface area contributed by atoms with Gasteiger partial charge in [-0.25, -0.2) is 4.79 Å². The molecule has 0 rings (SSSR count). The first-order valence-electron chi connectivity index (χ1n) is 2.51. The summed E-state index contributed by atoms with van der Waals surface area (Å²) in [5.41, 5.74) is 0.451. The summed E-state index contributed by atoms with van der Waals surface area (Å²) in [7, 11) is 0. The van der Waals surface area contributed by atoms with Crippen molar-refractivity contribution in [2.45, 2.75) is 36.1 Å². The second-order valence-corrected chi connectivity index (χ2v) is 1.50. The van der Waals surface area contributed by atoms with Gasteiger partial charge in [0.1, 0.15) is 0 Å². The van der Waals surface area contributed by atoms with E-state index in [2.05, 4.69) is 11.3 Å². The summed E-state index contributed by atoms with van der Waals surface area (Å²) in [4.78, 5) is 10.4. The van der Waals surface area contributed by atoms with Crippen molar-refractivity contribution >= 4 is 5.97 Å². The number of ether oxygens (including phenoxy) is 1. The lowest BCUT2D eigenvalue weighted by Crippen LogP contribution is -2.03. The van der Waals surface area contributed by atoms with Crippen LogP contribution in [0.25, 0.3) is 0 Å². The third-order valence-electron chi connectivity index (χ3n) is 0.624. The maximum Gasteiger partial charge on any atom is 0.333 e. The van der Waals surface area contributed by atoms with Gasteiger partial charge >= 0.3 is 5.97 Å². The minimum Gasteiger partial charge on any atom is -0.463 e. The Bertz CT molecular complexity index is 106. The van der Waals surface area contributed by atoms with E-state index in [0.717, 1.165) is 0 Å². The maximum atomic E-state index is 10.4. The molecule has 0 spiro atoms. The van der Waals surface area contributed by atoms with Gasteiger partial charge < -0.3 is 4.74 Å². The molecule has 2 nitrogen and oxygen atoms in total.